The van der Waals surface area contributed by atoms with Crippen molar-refractivity contribution in [3.05, 3.63) is 20.8 Å². The molecule has 0 unspecified atom stereocenters. The molecule has 0 aromatic carbocycles. The summed E-state index contributed by atoms with van der Waals surface area (Å²) in [6.45, 7) is 0. The molecule has 0 atom stereocenters. The summed E-state index contributed by atoms with van der Waals surface area (Å²) in [7, 11) is 0. The normalized spacial score (nSPS) is 13.9. The number of nitrogens with one attached hydrogen (secondary N) is 4. The highest BCUT2D eigenvalue weighted by atomic mass is 32.1. The monoisotopic (exact) mass is 212 g/mol. The third kappa shape index (κ3) is 1.40. The van der Waals surface area contributed by atoms with E-state index in [4.69, 9.17) is 0 Å². The van der Waals surface area contributed by atoms with E-state index in [2.05, 4.69) is 38.3 Å². The van der Waals surface area contributed by atoms with E-state index in [1.165, 1.54) is 0 Å². The van der Waals surface area contributed by atoms with Gasteiger partial charge in [0.1, 0.15) is 0 Å². The van der Waals surface area contributed by atoms with E-state index >= 15 is 0 Å². The lowest BCUT2D eigenvalue weighted by molar-refractivity contribution is 1.01. The molecule has 0 spiro atoms. The van der Waals surface area contributed by atoms with Crippen molar-refractivity contribution in [3.63, 3.8) is 0 Å². The lowest BCUT2D eigenvalue weighted by Crippen LogP contribution is -2.31. The number of aromatic nitrogens is 2. The molecule has 1 aliphatic heterocycles. The van der Waals surface area contributed by atoms with Gasteiger partial charge in [-0.3, -0.25) is 25.6 Å². The number of azo groups is 1. The zero-order chi connectivity index (χ0) is 10.1. The Kier molecular flexibility index (Phi) is 1.85. The van der Waals surface area contributed by atoms with Crippen molar-refractivity contribution in [2.45, 2.75) is 0 Å². The van der Waals surface area contributed by atoms with Gasteiger partial charge in [-0.2, -0.15) is 0 Å². The van der Waals surface area contributed by atoms with E-state index in [1.54, 1.807) is 0 Å². The minimum absolute atomic E-state index is 0.0334. The minimum atomic E-state index is -0.651. The fraction of sp³-hybridized carbons (Fsp3) is 0. The Labute approximate surface area is 81.4 Å². The van der Waals surface area contributed by atoms with Gasteiger partial charge in [0.05, 0.1) is 0 Å². The molecule has 0 fully saturated rings. The number of nitrogens with zero attached hydrogens (tertiary/aromatic N) is 2. The van der Waals surface area contributed by atoms with Crippen molar-refractivity contribution in [2.75, 3.05) is 5.43 Å². The second kappa shape index (κ2) is 3.03. The molecule has 2 rings (SSSR count). The van der Waals surface area contributed by atoms with E-state index in [9.17, 15) is 9.59 Å². The molecule has 8 nitrogen and oxygen atoms in total. The fourth-order valence-electron chi connectivity index (χ4n) is 0.902. The summed E-state index contributed by atoms with van der Waals surface area (Å²) in [5, 5.41) is 7.15. The third-order valence-corrected chi connectivity index (χ3v) is 1.64. The summed E-state index contributed by atoms with van der Waals surface area (Å²) < 4.78 is 0. The SMILES string of the molecule is O=c1[nH]c2c(c(=O)[nH]1)NNC(=S)N=N2. The molecule has 1 aromatic rings. The number of thiocarbonyl (C=S) groups is 1. The number of rotatable bonds is 0. The predicted octanol–water partition coefficient (Wildman–Crippen LogP) is -0.638. The second-order valence-corrected chi connectivity index (χ2v) is 2.77. The van der Waals surface area contributed by atoms with Gasteiger partial charge in [-0.05, 0) is 12.2 Å². The van der Waals surface area contributed by atoms with Gasteiger partial charge in [0.2, 0.25) is 5.11 Å². The Balaban J connectivity index is 2.68. The smallest absolute Gasteiger partial charge is 0.291 e. The molecule has 0 radical (unpaired) electrons. The van der Waals surface area contributed by atoms with Crippen LogP contribution in [0.3, 0.4) is 0 Å². The van der Waals surface area contributed by atoms with Gasteiger partial charge in [-0.25, -0.2) is 4.79 Å². The largest absolute Gasteiger partial charge is 0.327 e. The molecule has 72 valence electrons. The second-order valence-electron chi connectivity index (χ2n) is 2.39. The Hall–Kier alpha value is -2.03. The van der Waals surface area contributed by atoms with Crippen LogP contribution in [0.1, 0.15) is 0 Å². The number of fused-ring (bicyclic) bond motifs is 1. The summed E-state index contributed by atoms with van der Waals surface area (Å²) >= 11 is 4.68. The lowest BCUT2D eigenvalue weighted by Gasteiger charge is -2.02. The molecular formula is C5H4N6O2S. The van der Waals surface area contributed by atoms with Crippen LogP contribution < -0.4 is 22.1 Å². The molecule has 0 saturated carbocycles. The van der Waals surface area contributed by atoms with Crippen molar-refractivity contribution < 1.29 is 0 Å². The van der Waals surface area contributed by atoms with Gasteiger partial charge in [-0.15, -0.1) is 10.2 Å². The highest BCUT2D eigenvalue weighted by molar-refractivity contribution is 7.80. The van der Waals surface area contributed by atoms with Crippen molar-refractivity contribution in [3.8, 4) is 0 Å². The summed E-state index contributed by atoms with van der Waals surface area (Å²) in [4.78, 5) is 26.4. The number of hydrogen-bond donors (Lipinski definition) is 4. The molecule has 0 bridgehead atoms. The zero-order valence-corrected chi connectivity index (χ0v) is 7.44. The molecule has 1 aliphatic rings. The highest BCUT2D eigenvalue weighted by Crippen LogP contribution is 2.16. The standard InChI is InChI=1S/C5H4N6O2S/c12-3-1-2(6-4(13)7-3)9-11-5(14)10-8-1/h8H,(H,10,14)(H2,6,7,12,13). The average molecular weight is 212 g/mol. The van der Waals surface area contributed by atoms with E-state index in [0.29, 0.717) is 0 Å². The molecule has 4 N–H and O–H groups in total. The topological polar surface area (TPSA) is 114 Å². The average Bonchev–Trinajstić information content (AvgIpc) is 2.28. The first kappa shape index (κ1) is 8.56. The maximum absolute atomic E-state index is 11.2. The summed E-state index contributed by atoms with van der Waals surface area (Å²) in [6, 6.07) is 0. The van der Waals surface area contributed by atoms with Crippen LogP contribution in [0.25, 0.3) is 0 Å². The van der Waals surface area contributed by atoms with E-state index in [1.807, 2.05) is 4.98 Å². The molecule has 0 aliphatic carbocycles. The maximum atomic E-state index is 11.2. The summed E-state index contributed by atoms with van der Waals surface area (Å²) in [6.07, 6.45) is 0. The number of anilines is 1. The van der Waals surface area contributed by atoms with Gasteiger partial charge >= 0.3 is 5.69 Å². The van der Waals surface area contributed by atoms with Crippen LogP contribution in [0.15, 0.2) is 19.8 Å². The van der Waals surface area contributed by atoms with Gasteiger partial charge < -0.3 is 0 Å². The number of hydrogen-bond acceptors (Lipinski definition) is 5. The predicted molar refractivity (Wildman–Crippen MR) is 51.6 cm³/mol. The number of aromatic amines is 2. The Bertz CT molecular complexity index is 528. The lowest BCUT2D eigenvalue weighted by atomic mass is 10.5. The molecule has 0 saturated heterocycles. The minimum Gasteiger partial charge on any atom is -0.291 e. The molecule has 14 heavy (non-hydrogen) atoms. The van der Waals surface area contributed by atoms with Crippen molar-refractivity contribution in [1.29, 1.82) is 0 Å². The third-order valence-electron chi connectivity index (χ3n) is 1.46. The fourth-order valence-corrected chi connectivity index (χ4v) is 0.994. The maximum Gasteiger partial charge on any atom is 0.327 e. The first-order valence-corrected chi connectivity index (χ1v) is 3.92. The zero-order valence-electron chi connectivity index (χ0n) is 6.62. The molecule has 9 heteroatoms. The van der Waals surface area contributed by atoms with Crippen LogP contribution in [0.2, 0.25) is 0 Å². The Morgan fingerprint density at radius 3 is 2.64 bits per heavy atom. The Morgan fingerprint density at radius 2 is 1.86 bits per heavy atom. The number of hydrazine groups is 1. The molecule has 2 heterocycles. The Morgan fingerprint density at radius 1 is 1.07 bits per heavy atom. The van der Waals surface area contributed by atoms with E-state index < -0.39 is 11.2 Å². The highest BCUT2D eigenvalue weighted by Gasteiger charge is 2.11. The van der Waals surface area contributed by atoms with Crippen molar-refractivity contribution in [1.82, 2.24) is 15.4 Å². The van der Waals surface area contributed by atoms with E-state index in [-0.39, 0.29) is 16.6 Å². The van der Waals surface area contributed by atoms with Crippen LogP contribution in [0, 0.1) is 0 Å². The first-order valence-electron chi connectivity index (χ1n) is 3.51. The van der Waals surface area contributed by atoms with Crippen LogP contribution in [0.4, 0.5) is 11.5 Å². The van der Waals surface area contributed by atoms with Crippen LogP contribution in [-0.2, 0) is 0 Å². The molecule has 0 amide bonds. The van der Waals surface area contributed by atoms with Crippen LogP contribution >= 0.6 is 12.2 Å². The quantitative estimate of drug-likeness (QED) is 0.427. The van der Waals surface area contributed by atoms with Crippen molar-refractivity contribution >= 4 is 28.8 Å². The van der Waals surface area contributed by atoms with Crippen LogP contribution in [-0.4, -0.2) is 15.1 Å². The summed E-state index contributed by atoms with van der Waals surface area (Å²) in [5.74, 6) is 0.0334. The first-order chi connectivity index (χ1) is 6.66. The van der Waals surface area contributed by atoms with Gasteiger partial charge in [0.25, 0.3) is 5.56 Å². The molecule has 1 aromatic heterocycles. The summed E-state index contributed by atoms with van der Waals surface area (Å²) in [5.41, 5.74) is 3.73. The van der Waals surface area contributed by atoms with Gasteiger partial charge in [0, 0.05) is 0 Å². The van der Waals surface area contributed by atoms with E-state index in [0.717, 1.165) is 0 Å². The van der Waals surface area contributed by atoms with Crippen LogP contribution in [0.5, 0.6) is 0 Å². The number of H-pyrrole nitrogens is 2. The molecular weight excluding hydrogens is 208 g/mol. The van der Waals surface area contributed by atoms with Crippen molar-refractivity contribution in [2.24, 2.45) is 10.2 Å². The van der Waals surface area contributed by atoms with Gasteiger partial charge in [-0.1, -0.05) is 0 Å². The van der Waals surface area contributed by atoms with Gasteiger partial charge in [0.15, 0.2) is 11.5 Å².